The first-order chi connectivity index (χ1) is 1.91. The molecule has 0 aliphatic carbocycles. The van der Waals surface area contributed by atoms with Gasteiger partial charge in [0.05, 0.1) is 0 Å². The Morgan fingerprint density at radius 3 is 2.00 bits per heavy atom. The molecule has 0 saturated heterocycles. The van der Waals surface area contributed by atoms with E-state index in [4.69, 9.17) is 4.46 Å². The van der Waals surface area contributed by atoms with Crippen LogP contribution in [0.4, 0.5) is 0 Å². The maximum atomic E-state index is 9.17. The molecule has 0 atom stereocenters. The van der Waals surface area contributed by atoms with Gasteiger partial charge in [0.25, 0.3) is 0 Å². The van der Waals surface area contributed by atoms with Crippen molar-refractivity contribution in [2.45, 2.75) is 0 Å². The second-order valence-electron chi connectivity index (χ2n) is 0.211. The van der Waals surface area contributed by atoms with Crippen molar-refractivity contribution in [1.82, 2.24) is 0 Å². The van der Waals surface area contributed by atoms with Crippen molar-refractivity contribution in [2.75, 3.05) is 0 Å². The molecule has 0 aromatic carbocycles. The first-order valence-corrected chi connectivity index (χ1v) is 6.37. The van der Waals surface area contributed by atoms with E-state index in [-0.39, 0.29) is 0 Å². The second kappa shape index (κ2) is 3.56. The Labute approximate surface area is 34.3 Å². The topological polar surface area (TPSA) is 34.1 Å². The average Bonchev–Trinajstić information content (AvgIpc) is 1.37. The minimum atomic E-state index is -1.37. The Balaban J connectivity index is 2.73. The van der Waals surface area contributed by atoms with Crippen LogP contribution in [0.1, 0.15) is 0 Å². The van der Waals surface area contributed by atoms with Crippen LogP contribution in [0, 0.1) is 0 Å². The van der Waals surface area contributed by atoms with Crippen LogP contribution in [0.5, 0.6) is 0 Å². The molecule has 0 N–H and O–H groups in total. The van der Waals surface area contributed by atoms with E-state index in [0.29, 0.717) is 0 Å². The molecule has 0 aromatic heterocycles. The molecule has 0 rings (SSSR count). The number of hydrogen-bond donors (Lipinski definition) is 0. The molecule has 0 aliphatic heterocycles. The van der Waals surface area contributed by atoms with E-state index < -0.39 is 26.1 Å². The quantitative estimate of drug-likeness (QED) is 0.459. The van der Waals surface area contributed by atoms with Crippen molar-refractivity contribution in [3.8, 4) is 0 Å². The SMILES string of the molecule is O=[SiH][Nb]=[O]. The van der Waals surface area contributed by atoms with Gasteiger partial charge in [0.1, 0.15) is 0 Å². The van der Waals surface area contributed by atoms with Crippen LogP contribution in [0.2, 0.25) is 0 Å². The molecule has 0 spiro atoms. The average molecular weight is 154 g/mol. The van der Waals surface area contributed by atoms with Crippen LogP contribution in [0.15, 0.2) is 0 Å². The third-order valence-corrected chi connectivity index (χ3v) is 0.764. The molecule has 0 radical (unpaired) electrons. The Kier molecular flexibility index (Phi) is 4.05. The van der Waals surface area contributed by atoms with Gasteiger partial charge in [-0.05, 0) is 0 Å². The van der Waals surface area contributed by atoms with E-state index in [1.807, 2.05) is 0 Å². The minimum absolute atomic E-state index is 0.873. The zero-order valence-corrected chi connectivity index (χ0v) is 5.19. The van der Waals surface area contributed by atoms with Gasteiger partial charge in [0.15, 0.2) is 0 Å². The summed E-state index contributed by atoms with van der Waals surface area (Å²) in [7, 11) is -0.873. The summed E-state index contributed by atoms with van der Waals surface area (Å²) in [5.74, 6) is 0. The second-order valence-corrected chi connectivity index (χ2v) is 3.74. The molecule has 0 aromatic rings. The molecule has 0 heterocycles. The van der Waals surface area contributed by atoms with E-state index in [9.17, 15) is 3.25 Å². The fourth-order valence-electron chi connectivity index (χ4n) is 0. The Hall–Kier alpha value is 0.557. The van der Waals surface area contributed by atoms with Gasteiger partial charge in [-0.3, -0.25) is 0 Å². The van der Waals surface area contributed by atoms with Crippen molar-refractivity contribution in [3.05, 3.63) is 0 Å². The number of hydrogen-bond acceptors (Lipinski definition) is 2. The first-order valence-electron chi connectivity index (χ1n) is 0.676. The molecule has 0 amide bonds. The van der Waals surface area contributed by atoms with Gasteiger partial charge in [0, 0.05) is 0 Å². The van der Waals surface area contributed by atoms with E-state index in [0.717, 1.165) is 0 Å². The number of rotatable bonds is 1. The summed E-state index contributed by atoms with van der Waals surface area (Å²) >= 11 is -1.37. The van der Waals surface area contributed by atoms with Crippen LogP contribution >= 0.6 is 0 Å². The van der Waals surface area contributed by atoms with Gasteiger partial charge < -0.3 is 0 Å². The Morgan fingerprint density at radius 1 is 1.75 bits per heavy atom. The molecule has 4 heavy (non-hydrogen) atoms. The molecule has 0 saturated carbocycles. The predicted octanol–water partition coefficient (Wildman–Crippen LogP) is -0.889. The molecule has 22 valence electrons. The Morgan fingerprint density at radius 2 is 2.00 bits per heavy atom. The van der Waals surface area contributed by atoms with Crippen LogP contribution < -0.4 is 0 Å². The molecule has 0 aliphatic rings. The fraction of sp³-hybridized carbons (Fsp3) is 0. The monoisotopic (exact) mass is 154 g/mol. The first kappa shape index (κ1) is 4.56. The normalized spacial score (nSPS) is 5.00. The summed E-state index contributed by atoms with van der Waals surface area (Å²) in [5.41, 5.74) is 0. The molecule has 4 heteroatoms. The van der Waals surface area contributed by atoms with E-state index in [1.165, 1.54) is 0 Å². The summed E-state index contributed by atoms with van der Waals surface area (Å²) < 4.78 is 18.3. The van der Waals surface area contributed by atoms with Crippen molar-refractivity contribution in [2.24, 2.45) is 0 Å². The van der Waals surface area contributed by atoms with Gasteiger partial charge >= 0.3 is 33.8 Å². The fourth-order valence-corrected chi connectivity index (χ4v) is 0. The van der Waals surface area contributed by atoms with Crippen molar-refractivity contribution < 1.29 is 26.7 Å². The zero-order valence-electron chi connectivity index (χ0n) is 1.84. The molecular weight excluding hydrogens is 153 g/mol. The van der Waals surface area contributed by atoms with Gasteiger partial charge in [-0.15, -0.1) is 0 Å². The summed E-state index contributed by atoms with van der Waals surface area (Å²) in [5, 5.41) is 0. The standard InChI is InChI=1S/Nb.HOSi.O/c;1-2;/h;2H;. The summed E-state index contributed by atoms with van der Waals surface area (Å²) in [4.78, 5) is 0. The van der Waals surface area contributed by atoms with E-state index in [1.54, 1.807) is 0 Å². The summed E-state index contributed by atoms with van der Waals surface area (Å²) in [6.45, 7) is 0. The van der Waals surface area contributed by atoms with E-state index in [2.05, 4.69) is 0 Å². The van der Waals surface area contributed by atoms with Gasteiger partial charge in [-0.1, -0.05) is 0 Å². The molecule has 0 unspecified atom stereocenters. The van der Waals surface area contributed by atoms with Crippen LogP contribution in [-0.4, -0.2) is 7.16 Å². The molecule has 0 bridgehead atoms. The molecule has 2 nitrogen and oxygen atoms in total. The van der Waals surface area contributed by atoms with Crippen molar-refractivity contribution in [1.29, 1.82) is 0 Å². The van der Waals surface area contributed by atoms with Gasteiger partial charge in [-0.25, -0.2) is 0 Å². The zero-order chi connectivity index (χ0) is 3.41. The van der Waals surface area contributed by atoms with Crippen molar-refractivity contribution in [3.63, 3.8) is 0 Å². The van der Waals surface area contributed by atoms with Crippen LogP contribution in [-0.2, 0) is 26.7 Å². The Bertz CT molecular complexity index is 27.0. The predicted molar refractivity (Wildman–Crippen MR) is 8.52 cm³/mol. The molecular formula is HNbO2Si. The third-order valence-electron chi connectivity index (χ3n) is 0.0430. The van der Waals surface area contributed by atoms with Crippen LogP contribution in [0.3, 0.4) is 0 Å². The van der Waals surface area contributed by atoms with Crippen molar-refractivity contribution >= 4 is 7.16 Å². The third kappa shape index (κ3) is 2.56. The van der Waals surface area contributed by atoms with E-state index >= 15 is 0 Å². The molecule has 0 fully saturated rings. The van der Waals surface area contributed by atoms with Crippen LogP contribution in [0.25, 0.3) is 0 Å². The maximum absolute atomic E-state index is 9.17. The summed E-state index contributed by atoms with van der Waals surface area (Å²) in [6.07, 6.45) is 0. The van der Waals surface area contributed by atoms with Gasteiger partial charge in [0.2, 0.25) is 0 Å². The summed E-state index contributed by atoms with van der Waals surface area (Å²) in [6, 6.07) is 0. The van der Waals surface area contributed by atoms with Gasteiger partial charge in [-0.2, -0.15) is 0 Å².